The van der Waals surface area contributed by atoms with Crippen LogP contribution in [0.25, 0.3) is 0 Å². The van der Waals surface area contributed by atoms with Crippen LogP contribution in [0.2, 0.25) is 0 Å². The van der Waals surface area contributed by atoms with Gasteiger partial charge in [-0.2, -0.15) is 4.31 Å². The molecule has 1 aliphatic heterocycles. The van der Waals surface area contributed by atoms with Gasteiger partial charge in [0.1, 0.15) is 4.90 Å². The monoisotopic (exact) mass is 269 g/mol. The molecule has 1 aromatic heterocycles. The molecule has 2 heterocycles. The average Bonchev–Trinajstić information content (AvgIpc) is 2.39. The van der Waals surface area contributed by atoms with Gasteiger partial charge >= 0.3 is 0 Å². The number of aromatic nitrogens is 1. The summed E-state index contributed by atoms with van der Waals surface area (Å²) in [6.45, 7) is 2.49. The highest BCUT2D eigenvalue weighted by Gasteiger charge is 2.28. The summed E-state index contributed by atoms with van der Waals surface area (Å²) in [5.41, 5.74) is 1.42. The Hall–Kier alpha value is -1.47. The lowest BCUT2D eigenvalue weighted by Gasteiger charge is -2.26. The molecule has 98 valence electrons. The zero-order chi connectivity index (χ0) is 13.2. The predicted octanol–water partition coefficient (Wildman–Crippen LogP) is 1.00. The number of pyridine rings is 1. The number of hydrogen-bond acceptors (Lipinski definition) is 5. The van der Waals surface area contributed by atoms with Gasteiger partial charge in [0.05, 0.1) is 5.71 Å². The van der Waals surface area contributed by atoms with E-state index in [0.717, 1.165) is 5.69 Å². The van der Waals surface area contributed by atoms with Crippen LogP contribution >= 0.6 is 0 Å². The van der Waals surface area contributed by atoms with Crippen molar-refractivity contribution < 1.29 is 13.6 Å². The molecule has 0 bridgehead atoms. The smallest absolute Gasteiger partial charge is 0.244 e. The molecule has 0 aromatic carbocycles. The Kier molecular flexibility index (Phi) is 3.63. The lowest BCUT2D eigenvalue weighted by atomic mass is 10.1. The van der Waals surface area contributed by atoms with Crippen molar-refractivity contribution in [2.45, 2.75) is 24.7 Å². The Morgan fingerprint density at radius 3 is 2.50 bits per heavy atom. The van der Waals surface area contributed by atoms with E-state index >= 15 is 0 Å². The van der Waals surface area contributed by atoms with Gasteiger partial charge in [0.2, 0.25) is 10.0 Å². The molecule has 0 unspecified atom stereocenters. The van der Waals surface area contributed by atoms with Gasteiger partial charge in [-0.1, -0.05) is 5.16 Å². The molecule has 0 atom stereocenters. The largest absolute Gasteiger partial charge is 0.411 e. The molecule has 1 N–H and O–H groups in total. The van der Waals surface area contributed by atoms with Crippen LogP contribution in [0.15, 0.2) is 28.4 Å². The molecule has 2 rings (SSSR count). The molecule has 0 saturated carbocycles. The first-order chi connectivity index (χ1) is 8.54. The minimum absolute atomic E-state index is 0.206. The zero-order valence-electron chi connectivity index (χ0n) is 10.1. The number of hydrogen-bond donors (Lipinski definition) is 1. The summed E-state index contributed by atoms with van der Waals surface area (Å²) in [6.07, 6.45) is 2.31. The summed E-state index contributed by atoms with van der Waals surface area (Å²) in [6, 6.07) is 3.24. The molecule has 0 aliphatic carbocycles. The molecule has 0 spiro atoms. The molecule has 7 heteroatoms. The first-order valence-electron chi connectivity index (χ1n) is 5.66. The lowest BCUT2D eigenvalue weighted by molar-refractivity contribution is 0.309. The second kappa shape index (κ2) is 5.03. The van der Waals surface area contributed by atoms with Crippen molar-refractivity contribution in [1.82, 2.24) is 9.29 Å². The molecule has 6 nitrogen and oxygen atoms in total. The first kappa shape index (κ1) is 13.0. The highest BCUT2D eigenvalue weighted by atomic mass is 32.2. The molecule has 18 heavy (non-hydrogen) atoms. The number of rotatable bonds is 2. The van der Waals surface area contributed by atoms with E-state index in [1.165, 1.54) is 10.5 Å². The fourth-order valence-corrected chi connectivity index (χ4v) is 3.23. The van der Waals surface area contributed by atoms with Gasteiger partial charge < -0.3 is 5.21 Å². The molecule has 1 saturated heterocycles. The summed E-state index contributed by atoms with van der Waals surface area (Å²) in [5, 5.41) is 11.8. The van der Waals surface area contributed by atoms with Gasteiger partial charge in [0, 0.05) is 37.8 Å². The predicted molar refractivity (Wildman–Crippen MR) is 66.2 cm³/mol. The second-order valence-corrected chi connectivity index (χ2v) is 6.14. The Labute approximate surface area is 106 Å². The van der Waals surface area contributed by atoms with Crippen molar-refractivity contribution in [3.8, 4) is 0 Å². The number of sulfonamides is 1. The van der Waals surface area contributed by atoms with Crippen LogP contribution in [-0.4, -0.2) is 41.7 Å². The minimum atomic E-state index is -3.48. The molecule has 0 radical (unpaired) electrons. The van der Waals surface area contributed by atoms with Crippen LogP contribution in [-0.2, 0) is 10.0 Å². The molecule has 1 aliphatic rings. The summed E-state index contributed by atoms with van der Waals surface area (Å²) < 4.78 is 26.0. The average molecular weight is 269 g/mol. The van der Waals surface area contributed by atoms with Crippen LogP contribution < -0.4 is 0 Å². The van der Waals surface area contributed by atoms with Crippen LogP contribution in [0.4, 0.5) is 0 Å². The standard InChI is InChI=1S/C11H15N3O3S/c1-9-2-3-11(8-12-9)18(16,17)14-6-4-10(13-15)5-7-14/h2-3,8,15H,4-7H2,1H3. The van der Waals surface area contributed by atoms with Crippen LogP contribution in [0.5, 0.6) is 0 Å². The molecule has 1 fully saturated rings. The van der Waals surface area contributed by atoms with Crippen molar-refractivity contribution in [3.63, 3.8) is 0 Å². The molecular formula is C11H15N3O3S. The van der Waals surface area contributed by atoms with E-state index < -0.39 is 10.0 Å². The van der Waals surface area contributed by atoms with Crippen molar-refractivity contribution in [3.05, 3.63) is 24.0 Å². The van der Waals surface area contributed by atoms with Gasteiger partial charge in [-0.15, -0.1) is 0 Å². The van der Waals surface area contributed by atoms with Gasteiger partial charge in [-0.3, -0.25) is 4.98 Å². The van der Waals surface area contributed by atoms with E-state index in [2.05, 4.69) is 10.1 Å². The van der Waals surface area contributed by atoms with Gasteiger partial charge in [-0.05, 0) is 19.1 Å². The van der Waals surface area contributed by atoms with Gasteiger partial charge in [0.25, 0.3) is 0 Å². The van der Waals surface area contributed by atoms with E-state index in [4.69, 9.17) is 5.21 Å². The Morgan fingerprint density at radius 2 is 2.00 bits per heavy atom. The summed E-state index contributed by atoms with van der Waals surface area (Å²) in [5.74, 6) is 0. The third kappa shape index (κ3) is 2.51. The van der Waals surface area contributed by atoms with E-state index in [1.54, 1.807) is 19.1 Å². The van der Waals surface area contributed by atoms with Crippen LogP contribution in [0.1, 0.15) is 18.5 Å². The minimum Gasteiger partial charge on any atom is -0.411 e. The van der Waals surface area contributed by atoms with Crippen molar-refractivity contribution in [2.75, 3.05) is 13.1 Å². The molecule has 0 amide bonds. The normalized spacial score (nSPS) is 17.7. The maximum atomic E-state index is 12.3. The van der Waals surface area contributed by atoms with E-state index in [1.807, 2.05) is 0 Å². The maximum absolute atomic E-state index is 12.3. The first-order valence-corrected chi connectivity index (χ1v) is 7.10. The van der Waals surface area contributed by atoms with Crippen LogP contribution in [0.3, 0.4) is 0 Å². The Balaban J connectivity index is 2.20. The lowest BCUT2D eigenvalue weighted by Crippen LogP contribution is -2.38. The summed E-state index contributed by atoms with van der Waals surface area (Å²) in [7, 11) is -3.48. The van der Waals surface area contributed by atoms with Crippen LogP contribution in [0, 0.1) is 6.92 Å². The molecular weight excluding hydrogens is 254 g/mol. The fraction of sp³-hybridized carbons (Fsp3) is 0.455. The quantitative estimate of drug-likeness (QED) is 0.641. The number of oxime groups is 1. The molecule has 1 aromatic rings. The zero-order valence-corrected chi connectivity index (χ0v) is 10.9. The highest BCUT2D eigenvalue weighted by molar-refractivity contribution is 7.89. The van der Waals surface area contributed by atoms with Gasteiger partial charge in [0.15, 0.2) is 0 Å². The van der Waals surface area contributed by atoms with Crippen molar-refractivity contribution in [2.24, 2.45) is 5.16 Å². The van der Waals surface area contributed by atoms with E-state index in [9.17, 15) is 8.42 Å². The third-order valence-electron chi connectivity index (χ3n) is 2.96. The van der Waals surface area contributed by atoms with E-state index in [-0.39, 0.29) is 4.90 Å². The number of nitrogens with zero attached hydrogens (tertiary/aromatic N) is 3. The SMILES string of the molecule is Cc1ccc(S(=O)(=O)N2CCC(=NO)CC2)cn1. The Bertz CT molecular complexity index is 541. The highest BCUT2D eigenvalue weighted by Crippen LogP contribution is 2.19. The third-order valence-corrected chi connectivity index (χ3v) is 4.85. The topological polar surface area (TPSA) is 82.9 Å². The second-order valence-electron chi connectivity index (χ2n) is 4.21. The van der Waals surface area contributed by atoms with Crippen molar-refractivity contribution in [1.29, 1.82) is 0 Å². The number of aryl methyl sites for hydroxylation is 1. The fourth-order valence-electron chi connectivity index (χ4n) is 1.84. The van der Waals surface area contributed by atoms with Crippen molar-refractivity contribution >= 4 is 15.7 Å². The summed E-state index contributed by atoms with van der Waals surface area (Å²) >= 11 is 0. The Morgan fingerprint density at radius 1 is 1.33 bits per heavy atom. The maximum Gasteiger partial charge on any atom is 0.244 e. The van der Waals surface area contributed by atoms with Gasteiger partial charge in [-0.25, -0.2) is 8.42 Å². The number of piperidine rings is 1. The summed E-state index contributed by atoms with van der Waals surface area (Å²) in [4.78, 5) is 4.21. The van der Waals surface area contributed by atoms with E-state index in [0.29, 0.717) is 31.6 Å².